The van der Waals surface area contributed by atoms with Crippen LogP contribution in [0.1, 0.15) is 31.9 Å². The zero-order valence-corrected chi connectivity index (χ0v) is 11.0. The number of methoxy groups -OCH3 is 1. The average Bonchev–Trinajstić information content (AvgIpc) is 2.63. The van der Waals surface area contributed by atoms with Gasteiger partial charge in [0.05, 0.1) is 7.11 Å². The van der Waals surface area contributed by atoms with Crippen molar-refractivity contribution < 1.29 is 14.3 Å². The Hall–Kier alpha value is -1.77. The van der Waals surface area contributed by atoms with E-state index in [-0.39, 0.29) is 17.5 Å². The van der Waals surface area contributed by atoms with Crippen molar-refractivity contribution in [2.75, 3.05) is 7.11 Å². The largest absolute Gasteiger partial charge is 0.496 e. The Bertz CT molecular complexity index is 492. The third-order valence-corrected chi connectivity index (χ3v) is 3.90. The van der Waals surface area contributed by atoms with Crippen molar-refractivity contribution in [2.24, 2.45) is 5.41 Å². The number of carbonyl (C=O) groups excluding carboxylic acids is 1. The lowest BCUT2D eigenvalue weighted by atomic mass is 9.75. The molecule has 1 aromatic rings. The molecule has 0 N–H and O–H groups in total. The molecule has 0 spiro atoms. The van der Waals surface area contributed by atoms with E-state index in [2.05, 4.69) is 6.58 Å². The van der Waals surface area contributed by atoms with Crippen molar-refractivity contribution in [2.45, 2.75) is 26.4 Å². The van der Waals surface area contributed by atoms with E-state index in [0.29, 0.717) is 5.57 Å². The molecule has 0 aliphatic carbocycles. The lowest BCUT2D eigenvalue weighted by Crippen LogP contribution is -2.22. The number of hydrogen-bond donors (Lipinski definition) is 0. The van der Waals surface area contributed by atoms with Crippen molar-refractivity contribution >= 4 is 5.97 Å². The molecule has 1 saturated heterocycles. The number of cyclic esters (lactones) is 1. The Kier molecular flexibility index (Phi) is 3.16. The molecular weight excluding hydrogens is 228 g/mol. The molecule has 2 rings (SSSR count). The van der Waals surface area contributed by atoms with Gasteiger partial charge in [0.1, 0.15) is 11.9 Å². The smallest absolute Gasteiger partial charge is 0.334 e. The van der Waals surface area contributed by atoms with Gasteiger partial charge in [0.15, 0.2) is 0 Å². The topological polar surface area (TPSA) is 35.5 Å². The van der Waals surface area contributed by atoms with Gasteiger partial charge in [0.25, 0.3) is 0 Å². The summed E-state index contributed by atoms with van der Waals surface area (Å²) in [6.45, 7) is 7.92. The second-order valence-corrected chi connectivity index (χ2v) is 4.78. The summed E-state index contributed by atoms with van der Waals surface area (Å²) in [5.41, 5.74) is 1.07. The minimum absolute atomic E-state index is 0.310. The highest BCUT2D eigenvalue weighted by Crippen LogP contribution is 2.52. The van der Waals surface area contributed by atoms with Crippen LogP contribution in [0.3, 0.4) is 0 Å². The van der Waals surface area contributed by atoms with Gasteiger partial charge in [-0.3, -0.25) is 0 Å². The summed E-state index contributed by atoms with van der Waals surface area (Å²) in [6.07, 6.45) is 0.471. The van der Waals surface area contributed by atoms with Crippen molar-refractivity contribution in [1.29, 1.82) is 0 Å². The number of para-hydroxylation sites is 1. The molecule has 0 saturated carbocycles. The third-order valence-electron chi connectivity index (χ3n) is 3.90. The molecule has 0 unspecified atom stereocenters. The van der Waals surface area contributed by atoms with Crippen molar-refractivity contribution in [3.8, 4) is 5.75 Å². The molecule has 1 aromatic carbocycles. The predicted molar refractivity (Wildman–Crippen MR) is 69.4 cm³/mol. The maximum atomic E-state index is 11.8. The number of hydrogen-bond acceptors (Lipinski definition) is 3. The highest BCUT2D eigenvalue weighted by atomic mass is 16.6. The molecule has 18 heavy (non-hydrogen) atoms. The number of benzene rings is 1. The molecule has 3 nitrogen and oxygen atoms in total. The Morgan fingerprint density at radius 3 is 2.72 bits per heavy atom. The molecule has 1 fully saturated rings. The number of esters is 1. The second kappa shape index (κ2) is 4.48. The summed E-state index contributed by atoms with van der Waals surface area (Å²) < 4.78 is 10.8. The van der Waals surface area contributed by atoms with Crippen LogP contribution in [-0.4, -0.2) is 13.1 Å². The Balaban J connectivity index is 2.50. The standard InChI is InChI=1S/C15H18O3/c1-5-15(3)10(2)14(16)18-13(15)11-8-6-7-9-12(11)17-4/h6-9,13H,2,5H2,1,3-4H3/t13-,15-/m1/s1. The van der Waals surface area contributed by atoms with Gasteiger partial charge in [-0.2, -0.15) is 0 Å². The molecule has 2 atom stereocenters. The van der Waals surface area contributed by atoms with Gasteiger partial charge in [-0.25, -0.2) is 4.79 Å². The SMILES string of the molecule is C=C1C(=O)O[C@H](c2ccccc2OC)[C@]1(C)CC. The summed E-state index contributed by atoms with van der Waals surface area (Å²) in [4.78, 5) is 11.8. The Morgan fingerprint density at radius 1 is 1.44 bits per heavy atom. The zero-order valence-electron chi connectivity index (χ0n) is 11.0. The van der Waals surface area contributed by atoms with Crippen molar-refractivity contribution in [3.63, 3.8) is 0 Å². The summed E-state index contributed by atoms with van der Waals surface area (Å²) in [7, 11) is 1.62. The maximum Gasteiger partial charge on any atom is 0.334 e. The van der Waals surface area contributed by atoms with Crippen LogP contribution in [0, 0.1) is 5.41 Å². The number of ether oxygens (including phenoxy) is 2. The fourth-order valence-electron chi connectivity index (χ4n) is 2.39. The Labute approximate surface area is 107 Å². The summed E-state index contributed by atoms with van der Waals surface area (Å²) in [6, 6.07) is 7.63. The van der Waals surface area contributed by atoms with Crippen LogP contribution in [0.2, 0.25) is 0 Å². The first-order valence-corrected chi connectivity index (χ1v) is 6.08. The van der Waals surface area contributed by atoms with Crippen LogP contribution in [0.15, 0.2) is 36.4 Å². The van der Waals surface area contributed by atoms with Crippen molar-refractivity contribution in [3.05, 3.63) is 42.0 Å². The van der Waals surface area contributed by atoms with E-state index >= 15 is 0 Å². The van der Waals surface area contributed by atoms with E-state index in [0.717, 1.165) is 17.7 Å². The average molecular weight is 246 g/mol. The normalized spacial score (nSPS) is 27.2. The van der Waals surface area contributed by atoms with E-state index in [4.69, 9.17) is 9.47 Å². The van der Waals surface area contributed by atoms with Crippen LogP contribution in [0.25, 0.3) is 0 Å². The molecule has 1 aliphatic rings. The fraction of sp³-hybridized carbons (Fsp3) is 0.400. The van der Waals surface area contributed by atoms with Crippen LogP contribution in [-0.2, 0) is 9.53 Å². The highest BCUT2D eigenvalue weighted by Gasteiger charge is 2.49. The van der Waals surface area contributed by atoms with Crippen LogP contribution in [0.5, 0.6) is 5.75 Å². The first kappa shape index (κ1) is 12.7. The first-order valence-electron chi connectivity index (χ1n) is 6.08. The quantitative estimate of drug-likeness (QED) is 0.606. The lowest BCUT2D eigenvalue weighted by Gasteiger charge is -2.28. The zero-order chi connectivity index (χ0) is 13.3. The molecule has 0 radical (unpaired) electrons. The summed E-state index contributed by atoms with van der Waals surface area (Å²) >= 11 is 0. The van der Waals surface area contributed by atoms with E-state index in [1.54, 1.807) is 7.11 Å². The molecule has 1 aliphatic heterocycles. The van der Waals surface area contributed by atoms with Gasteiger partial charge >= 0.3 is 5.97 Å². The van der Waals surface area contributed by atoms with Crippen molar-refractivity contribution in [1.82, 2.24) is 0 Å². The lowest BCUT2D eigenvalue weighted by molar-refractivity contribution is -0.140. The minimum atomic E-state index is -0.369. The van der Waals surface area contributed by atoms with Gasteiger partial charge in [-0.1, -0.05) is 38.6 Å². The number of rotatable bonds is 3. The predicted octanol–water partition coefficient (Wildman–Crippen LogP) is 3.27. The highest BCUT2D eigenvalue weighted by molar-refractivity contribution is 5.92. The third kappa shape index (κ3) is 1.70. The minimum Gasteiger partial charge on any atom is -0.496 e. The van der Waals surface area contributed by atoms with Gasteiger partial charge in [0, 0.05) is 16.6 Å². The van der Waals surface area contributed by atoms with Crippen LogP contribution < -0.4 is 4.74 Å². The second-order valence-electron chi connectivity index (χ2n) is 4.78. The van der Waals surface area contributed by atoms with Crippen LogP contribution >= 0.6 is 0 Å². The van der Waals surface area contributed by atoms with E-state index in [1.165, 1.54) is 0 Å². The molecular formula is C15H18O3. The van der Waals surface area contributed by atoms with Gasteiger partial charge in [-0.05, 0) is 12.5 Å². The summed E-state index contributed by atoms with van der Waals surface area (Å²) in [5.74, 6) is 0.430. The Morgan fingerprint density at radius 2 is 2.11 bits per heavy atom. The monoisotopic (exact) mass is 246 g/mol. The summed E-state index contributed by atoms with van der Waals surface area (Å²) in [5, 5.41) is 0. The fourth-order valence-corrected chi connectivity index (χ4v) is 2.39. The molecule has 3 heteroatoms. The van der Waals surface area contributed by atoms with Gasteiger partial charge in [0.2, 0.25) is 0 Å². The molecule has 1 heterocycles. The molecule has 0 bridgehead atoms. The number of carbonyl (C=O) groups is 1. The van der Waals surface area contributed by atoms with Gasteiger partial charge in [-0.15, -0.1) is 0 Å². The van der Waals surface area contributed by atoms with E-state index < -0.39 is 0 Å². The molecule has 96 valence electrons. The van der Waals surface area contributed by atoms with E-state index in [9.17, 15) is 4.79 Å². The van der Waals surface area contributed by atoms with Gasteiger partial charge < -0.3 is 9.47 Å². The van der Waals surface area contributed by atoms with Crippen LogP contribution in [0.4, 0.5) is 0 Å². The maximum absolute atomic E-state index is 11.8. The van der Waals surface area contributed by atoms with E-state index in [1.807, 2.05) is 38.1 Å². The molecule has 0 aromatic heterocycles. The first-order chi connectivity index (χ1) is 8.54. The molecule has 0 amide bonds.